The first kappa shape index (κ1) is 14.5. The second kappa shape index (κ2) is 8.48. The minimum absolute atomic E-state index is 0.126. The maximum atomic E-state index is 11.9. The molecule has 2 unspecified atom stereocenters. The highest BCUT2D eigenvalue weighted by atomic mass is 16.5. The van der Waals surface area contributed by atoms with Gasteiger partial charge in [-0.25, -0.2) is 0 Å². The summed E-state index contributed by atoms with van der Waals surface area (Å²) in [5, 5.41) is 3.32. The second-order valence-corrected chi connectivity index (χ2v) is 4.51. The summed E-state index contributed by atoms with van der Waals surface area (Å²) < 4.78 is 10.6. The van der Waals surface area contributed by atoms with Crippen molar-refractivity contribution in [1.82, 2.24) is 5.32 Å². The van der Waals surface area contributed by atoms with Gasteiger partial charge in [-0.05, 0) is 32.7 Å². The average Bonchev–Trinajstić information content (AvgIpc) is 2.36. The molecule has 100 valence electrons. The van der Waals surface area contributed by atoms with Crippen molar-refractivity contribution in [3.63, 3.8) is 0 Å². The molecule has 0 radical (unpaired) electrons. The summed E-state index contributed by atoms with van der Waals surface area (Å²) in [5.41, 5.74) is 0. The van der Waals surface area contributed by atoms with Gasteiger partial charge < -0.3 is 14.8 Å². The van der Waals surface area contributed by atoms with Crippen molar-refractivity contribution in [2.75, 3.05) is 26.4 Å². The van der Waals surface area contributed by atoms with Crippen LogP contribution in [-0.4, -0.2) is 38.4 Å². The van der Waals surface area contributed by atoms with Crippen molar-refractivity contribution in [1.29, 1.82) is 0 Å². The highest BCUT2D eigenvalue weighted by Gasteiger charge is 2.30. The third-order valence-corrected chi connectivity index (χ3v) is 3.10. The number of ether oxygens (including phenoxy) is 2. The molecule has 1 heterocycles. The zero-order valence-electron chi connectivity index (χ0n) is 11.0. The second-order valence-electron chi connectivity index (χ2n) is 4.51. The first-order valence-electron chi connectivity index (χ1n) is 6.77. The Bertz CT molecular complexity index is 215. The molecule has 0 aromatic heterocycles. The number of esters is 1. The van der Waals surface area contributed by atoms with Gasteiger partial charge >= 0.3 is 5.97 Å². The lowest BCUT2D eigenvalue weighted by Crippen LogP contribution is -2.47. The van der Waals surface area contributed by atoms with E-state index >= 15 is 0 Å². The summed E-state index contributed by atoms with van der Waals surface area (Å²) >= 11 is 0. The molecule has 0 spiro atoms. The summed E-state index contributed by atoms with van der Waals surface area (Å²) in [6, 6.07) is -0.193. The van der Waals surface area contributed by atoms with Gasteiger partial charge in [-0.15, -0.1) is 0 Å². The third kappa shape index (κ3) is 5.04. The van der Waals surface area contributed by atoms with Gasteiger partial charge in [0.2, 0.25) is 0 Å². The van der Waals surface area contributed by atoms with E-state index in [9.17, 15) is 4.79 Å². The van der Waals surface area contributed by atoms with Crippen LogP contribution in [0.25, 0.3) is 0 Å². The zero-order valence-corrected chi connectivity index (χ0v) is 11.0. The van der Waals surface area contributed by atoms with E-state index in [2.05, 4.69) is 12.2 Å². The molecule has 1 N–H and O–H groups in total. The van der Waals surface area contributed by atoms with Crippen LogP contribution in [0.3, 0.4) is 0 Å². The molecule has 0 aromatic rings. The molecule has 1 aliphatic rings. The van der Waals surface area contributed by atoms with Crippen molar-refractivity contribution in [3.8, 4) is 0 Å². The van der Waals surface area contributed by atoms with Crippen LogP contribution in [0, 0.1) is 5.92 Å². The number of carbonyl (C=O) groups excluding carboxylic acids is 1. The first-order chi connectivity index (χ1) is 8.29. The monoisotopic (exact) mass is 243 g/mol. The minimum atomic E-state index is -0.193. The van der Waals surface area contributed by atoms with E-state index in [1.165, 1.54) is 0 Å². The Labute approximate surface area is 104 Å². The Kier molecular flexibility index (Phi) is 7.21. The molecule has 0 bridgehead atoms. The predicted octanol–water partition coefficient (Wildman–Crippen LogP) is 1.73. The fourth-order valence-corrected chi connectivity index (χ4v) is 2.14. The van der Waals surface area contributed by atoms with Crippen LogP contribution < -0.4 is 5.32 Å². The summed E-state index contributed by atoms with van der Waals surface area (Å²) in [6.07, 6.45) is 4.30. The summed E-state index contributed by atoms with van der Waals surface area (Å²) in [5.74, 6) is 0.138. The van der Waals surface area contributed by atoms with Crippen molar-refractivity contribution in [3.05, 3.63) is 0 Å². The molecule has 0 amide bonds. The van der Waals surface area contributed by atoms with Gasteiger partial charge in [0.05, 0.1) is 13.2 Å². The fraction of sp³-hybridized carbons (Fsp3) is 0.923. The Hall–Kier alpha value is -0.610. The number of carbonyl (C=O) groups is 1. The fourth-order valence-electron chi connectivity index (χ4n) is 2.14. The predicted molar refractivity (Wildman–Crippen MR) is 66.9 cm³/mol. The van der Waals surface area contributed by atoms with Gasteiger partial charge in [0.15, 0.2) is 0 Å². The van der Waals surface area contributed by atoms with E-state index < -0.39 is 0 Å². The smallest absolute Gasteiger partial charge is 0.323 e. The Balaban J connectivity index is 2.47. The van der Waals surface area contributed by atoms with Crippen molar-refractivity contribution in [2.45, 2.75) is 45.6 Å². The lowest BCUT2D eigenvalue weighted by Gasteiger charge is -2.29. The highest BCUT2D eigenvalue weighted by molar-refractivity contribution is 5.76. The Morgan fingerprint density at radius 1 is 1.53 bits per heavy atom. The minimum Gasteiger partial charge on any atom is -0.465 e. The number of hydrogen-bond acceptors (Lipinski definition) is 4. The first-order valence-corrected chi connectivity index (χ1v) is 6.77. The normalized spacial score (nSPS) is 22.1. The molecule has 0 aromatic carbocycles. The highest BCUT2D eigenvalue weighted by Crippen LogP contribution is 2.18. The molecule has 4 heteroatoms. The third-order valence-electron chi connectivity index (χ3n) is 3.10. The number of unbranched alkanes of at least 4 members (excludes halogenated alkanes) is 1. The van der Waals surface area contributed by atoms with Crippen molar-refractivity contribution in [2.24, 2.45) is 5.92 Å². The van der Waals surface area contributed by atoms with Crippen LogP contribution in [0.2, 0.25) is 0 Å². The summed E-state index contributed by atoms with van der Waals surface area (Å²) in [6.45, 7) is 6.79. The van der Waals surface area contributed by atoms with E-state index in [1.807, 2.05) is 6.92 Å². The molecule has 0 saturated carbocycles. The van der Waals surface area contributed by atoms with Gasteiger partial charge in [0.25, 0.3) is 0 Å². The maximum Gasteiger partial charge on any atom is 0.323 e. The Morgan fingerprint density at radius 2 is 2.35 bits per heavy atom. The van der Waals surface area contributed by atoms with Crippen LogP contribution in [0.4, 0.5) is 0 Å². The number of rotatable bonds is 7. The molecular weight excluding hydrogens is 218 g/mol. The van der Waals surface area contributed by atoms with Gasteiger partial charge in [-0.1, -0.05) is 13.3 Å². The topological polar surface area (TPSA) is 47.6 Å². The van der Waals surface area contributed by atoms with Gasteiger partial charge in [0.1, 0.15) is 6.04 Å². The zero-order chi connectivity index (χ0) is 12.5. The van der Waals surface area contributed by atoms with Crippen LogP contribution in [-0.2, 0) is 14.3 Å². The van der Waals surface area contributed by atoms with Crippen molar-refractivity contribution < 1.29 is 14.3 Å². The van der Waals surface area contributed by atoms with Crippen molar-refractivity contribution >= 4 is 5.97 Å². The molecule has 4 nitrogen and oxygen atoms in total. The molecule has 1 fully saturated rings. The maximum absolute atomic E-state index is 11.9. The van der Waals surface area contributed by atoms with Gasteiger partial charge in [-0.2, -0.15) is 0 Å². The quantitative estimate of drug-likeness (QED) is 0.546. The van der Waals surface area contributed by atoms with Gasteiger partial charge in [-0.3, -0.25) is 4.79 Å². The Morgan fingerprint density at radius 3 is 2.94 bits per heavy atom. The molecule has 2 atom stereocenters. The molecule has 1 saturated heterocycles. The summed E-state index contributed by atoms with van der Waals surface area (Å²) in [7, 11) is 0. The van der Waals surface area contributed by atoms with E-state index in [-0.39, 0.29) is 17.9 Å². The van der Waals surface area contributed by atoms with Crippen LogP contribution >= 0.6 is 0 Å². The van der Waals surface area contributed by atoms with Crippen LogP contribution in [0.1, 0.15) is 39.5 Å². The molecule has 1 aliphatic heterocycles. The van der Waals surface area contributed by atoms with E-state index in [4.69, 9.17) is 9.47 Å². The average molecular weight is 243 g/mol. The van der Waals surface area contributed by atoms with E-state index in [0.717, 1.165) is 38.8 Å². The molecule has 1 rings (SSSR count). The largest absolute Gasteiger partial charge is 0.465 e. The summed E-state index contributed by atoms with van der Waals surface area (Å²) in [4.78, 5) is 11.9. The lowest BCUT2D eigenvalue weighted by atomic mass is 9.93. The number of hydrogen-bond donors (Lipinski definition) is 1. The molecule has 17 heavy (non-hydrogen) atoms. The SMILES string of the molecule is CCCCNC(C(=O)OCC)C1CCCOC1. The van der Waals surface area contributed by atoms with Crippen LogP contribution in [0.15, 0.2) is 0 Å². The van der Waals surface area contributed by atoms with Gasteiger partial charge in [0, 0.05) is 12.5 Å². The lowest BCUT2D eigenvalue weighted by molar-refractivity contribution is -0.148. The van der Waals surface area contributed by atoms with Crippen LogP contribution in [0.5, 0.6) is 0 Å². The molecule has 0 aliphatic carbocycles. The standard InChI is InChI=1S/C13H25NO3/c1-3-5-8-14-12(13(15)17-4-2)11-7-6-9-16-10-11/h11-12,14H,3-10H2,1-2H3. The van der Waals surface area contributed by atoms with E-state index in [1.54, 1.807) is 0 Å². The van der Waals surface area contributed by atoms with E-state index in [0.29, 0.717) is 13.2 Å². The number of nitrogens with one attached hydrogen (secondary N) is 1. The molecular formula is C13H25NO3.